The Morgan fingerprint density at radius 2 is 1.88 bits per heavy atom. The maximum atomic E-state index is 12.8. The Bertz CT molecular complexity index is 764. The highest BCUT2D eigenvalue weighted by Crippen LogP contribution is 2.37. The van der Waals surface area contributed by atoms with E-state index in [9.17, 15) is 29.7 Å². The fourth-order valence-electron chi connectivity index (χ4n) is 3.01. The fraction of sp³-hybridized carbons (Fsp3) is 0.357. The summed E-state index contributed by atoms with van der Waals surface area (Å²) in [6, 6.07) is 4.71. The Balaban J connectivity index is 2.08. The van der Waals surface area contributed by atoms with Crippen LogP contribution in [0.4, 0.5) is 11.4 Å². The van der Waals surface area contributed by atoms with Gasteiger partial charge in [0.15, 0.2) is 0 Å². The number of nitrogen functional groups attached to an aromatic ring is 1. The number of hydrogen-bond donors (Lipinski definition) is 6. The zero-order valence-electron chi connectivity index (χ0n) is 12.6. The fourth-order valence-corrected chi connectivity index (χ4v) is 3.01. The molecule has 2 atom stereocenters. The lowest BCUT2D eigenvalue weighted by Gasteiger charge is -2.48. The van der Waals surface area contributed by atoms with Crippen LogP contribution in [0.1, 0.15) is 23.7 Å². The molecule has 1 fully saturated rings. The Labute approximate surface area is 135 Å². The number of aliphatic hydroxyl groups is 3. The minimum atomic E-state index is -3.01. The van der Waals surface area contributed by atoms with E-state index in [4.69, 9.17) is 5.73 Å². The lowest BCUT2D eigenvalue weighted by Crippen LogP contribution is -2.74. The minimum absolute atomic E-state index is 0.0372. The number of rotatable bonds is 1. The van der Waals surface area contributed by atoms with Crippen molar-refractivity contribution in [3.05, 3.63) is 23.8 Å². The molecule has 3 rings (SSSR count). The van der Waals surface area contributed by atoms with Crippen LogP contribution in [0, 0.1) is 0 Å². The van der Waals surface area contributed by atoms with E-state index in [0.29, 0.717) is 5.69 Å². The number of carbonyl (C=O) groups excluding carboxylic acids is 3. The van der Waals surface area contributed by atoms with Crippen molar-refractivity contribution in [2.75, 3.05) is 11.1 Å². The molecule has 0 radical (unpaired) electrons. The number of nitrogens with one attached hydrogen (secondary N) is 2. The van der Waals surface area contributed by atoms with E-state index < -0.39 is 41.8 Å². The smallest absolute Gasteiger partial charge is 0.286 e. The van der Waals surface area contributed by atoms with Crippen molar-refractivity contribution in [1.82, 2.24) is 10.2 Å². The van der Waals surface area contributed by atoms with E-state index in [1.54, 1.807) is 17.4 Å². The highest BCUT2D eigenvalue weighted by Gasteiger charge is 2.59. The van der Waals surface area contributed by atoms with Gasteiger partial charge in [0.25, 0.3) is 23.5 Å². The van der Waals surface area contributed by atoms with Crippen LogP contribution in [0.2, 0.25) is 0 Å². The van der Waals surface area contributed by atoms with Gasteiger partial charge in [-0.15, -0.1) is 0 Å². The number of imide groups is 1. The molecule has 0 aromatic heterocycles. The third kappa shape index (κ3) is 2.12. The Morgan fingerprint density at radius 3 is 2.54 bits per heavy atom. The van der Waals surface area contributed by atoms with Crippen molar-refractivity contribution in [2.24, 2.45) is 0 Å². The molecule has 7 N–H and O–H groups in total. The van der Waals surface area contributed by atoms with E-state index in [2.05, 4.69) is 5.32 Å². The van der Waals surface area contributed by atoms with Crippen LogP contribution in [0.5, 0.6) is 0 Å². The van der Waals surface area contributed by atoms with Crippen molar-refractivity contribution in [1.29, 1.82) is 0 Å². The first kappa shape index (κ1) is 16.2. The number of amides is 3. The summed E-state index contributed by atoms with van der Waals surface area (Å²) in [7, 11) is 0. The van der Waals surface area contributed by atoms with Gasteiger partial charge in [-0.05, 0) is 19.1 Å². The van der Waals surface area contributed by atoms with Gasteiger partial charge in [-0.1, -0.05) is 6.07 Å². The molecule has 2 aliphatic heterocycles. The van der Waals surface area contributed by atoms with Crippen molar-refractivity contribution in [3.8, 4) is 0 Å². The first-order valence-electron chi connectivity index (χ1n) is 7.09. The summed E-state index contributed by atoms with van der Waals surface area (Å²) in [5, 5.41) is 34.7. The van der Waals surface area contributed by atoms with Crippen LogP contribution in [0.3, 0.4) is 0 Å². The van der Waals surface area contributed by atoms with E-state index in [1.165, 1.54) is 13.0 Å². The van der Waals surface area contributed by atoms with Crippen LogP contribution >= 0.6 is 0 Å². The van der Waals surface area contributed by atoms with E-state index >= 15 is 0 Å². The number of nitrogens with two attached hydrogens (primary N) is 1. The molecule has 2 heterocycles. The summed E-state index contributed by atoms with van der Waals surface area (Å²) < 4.78 is 0. The molecule has 0 aliphatic carbocycles. The van der Waals surface area contributed by atoms with Gasteiger partial charge in [-0.2, -0.15) is 0 Å². The van der Waals surface area contributed by atoms with Crippen LogP contribution in [-0.2, 0) is 9.59 Å². The molecule has 0 saturated carbocycles. The lowest BCUT2D eigenvalue weighted by atomic mass is 9.92. The Morgan fingerprint density at radius 1 is 1.21 bits per heavy atom. The normalized spacial score (nSPS) is 28.9. The molecular formula is C14H16N4O6. The quantitative estimate of drug-likeness (QED) is 0.193. The van der Waals surface area contributed by atoms with Crippen LogP contribution < -0.4 is 16.4 Å². The Hall–Kier alpha value is -2.69. The number of carbonyl (C=O) groups is 3. The monoisotopic (exact) mass is 336 g/mol. The van der Waals surface area contributed by atoms with Crippen LogP contribution in [-0.4, -0.2) is 55.6 Å². The molecule has 1 saturated heterocycles. The second-order valence-corrected chi connectivity index (χ2v) is 5.86. The number of benzene rings is 1. The molecule has 3 amide bonds. The summed E-state index contributed by atoms with van der Waals surface area (Å²) >= 11 is 0. The summed E-state index contributed by atoms with van der Waals surface area (Å²) in [4.78, 5) is 37.1. The molecule has 1 aromatic carbocycles. The topological polar surface area (TPSA) is 165 Å². The average molecular weight is 336 g/mol. The van der Waals surface area contributed by atoms with Gasteiger partial charge < -0.3 is 26.4 Å². The lowest BCUT2D eigenvalue weighted by molar-refractivity contribution is -0.234. The van der Waals surface area contributed by atoms with Gasteiger partial charge in [0, 0.05) is 5.69 Å². The van der Waals surface area contributed by atoms with Gasteiger partial charge in [-0.25, -0.2) is 0 Å². The molecule has 1 aromatic rings. The highest BCUT2D eigenvalue weighted by molar-refractivity contribution is 6.11. The summed E-state index contributed by atoms with van der Waals surface area (Å²) in [6.45, 7) is 1.49. The highest BCUT2D eigenvalue weighted by atomic mass is 16.5. The molecule has 0 bridgehead atoms. The summed E-state index contributed by atoms with van der Waals surface area (Å²) in [6.07, 6.45) is -1.98. The van der Waals surface area contributed by atoms with Crippen LogP contribution in [0.15, 0.2) is 18.2 Å². The maximum absolute atomic E-state index is 12.8. The van der Waals surface area contributed by atoms with Crippen LogP contribution in [0.25, 0.3) is 0 Å². The molecular weight excluding hydrogens is 320 g/mol. The molecule has 2 unspecified atom stereocenters. The number of nitrogens with zero attached hydrogens (tertiary/aromatic N) is 1. The zero-order valence-corrected chi connectivity index (χ0v) is 12.6. The first-order chi connectivity index (χ1) is 11.1. The first-order valence-corrected chi connectivity index (χ1v) is 7.09. The predicted molar refractivity (Wildman–Crippen MR) is 80.0 cm³/mol. The summed E-state index contributed by atoms with van der Waals surface area (Å²) in [5.74, 6) is -6.39. The molecule has 24 heavy (non-hydrogen) atoms. The zero-order chi connectivity index (χ0) is 17.9. The van der Waals surface area contributed by atoms with Crippen molar-refractivity contribution in [2.45, 2.75) is 31.0 Å². The van der Waals surface area contributed by atoms with E-state index in [-0.39, 0.29) is 11.3 Å². The number of anilines is 2. The number of hydrogen-bond acceptors (Lipinski definition) is 8. The third-order valence-electron chi connectivity index (χ3n) is 4.13. The molecule has 10 heteroatoms. The van der Waals surface area contributed by atoms with Gasteiger partial charge >= 0.3 is 0 Å². The standard InChI is InChI=1S/C14H16N4O6/c1-6-16-8-4-2-3-7(15)9(8)10(19)18(6)13(22)5-14(23,24)12(21)17-11(13)20/h2-4,6,16,22-24H,5,15H2,1H3,(H,17,20,21). The largest absolute Gasteiger partial charge is 0.398 e. The molecule has 0 spiro atoms. The van der Waals surface area contributed by atoms with E-state index in [1.807, 2.05) is 0 Å². The number of piperidine rings is 1. The average Bonchev–Trinajstić information content (AvgIpc) is 2.44. The molecule has 128 valence electrons. The minimum Gasteiger partial charge on any atom is -0.398 e. The predicted octanol–water partition coefficient (Wildman–Crippen LogP) is -2.10. The second kappa shape index (κ2) is 4.90. The maximum Gasteiger partial charge on any atom is 0.286 e. The van der Waals surface area contributed by atoms with E-state index in [0.717, 1.165) is 4.90 Å². The van der Waals surface area contributed by atoms with Gasteiger partial charge in [-0.3, -0.25) is 24.6 Å². The molecule has 10 nitrogen and oxygen atoms in total. The van der Waals surface area contributed by atoms with Gasteiger partial charge in [0.2, 0.25) is 5.72 Å². The van der Waals surface area contributed by atoms with Crippen molar-refractivity contribution >= 4 is 29.1 Å². The van der Waals surface area contributed by atoms with Gasteiger partial charge in [0.05, 0.1) is 17.7 Å². The second-order valence-electron chi connectivity index (χ2n) is 5.86. The SMILES string of the molecule is CC1Nc2cccc(N)c2C(=O)N1C1(O)CC(O)(O)C(=O)NC1=O. The molecule has 2 aliphatic rings. The van der Waals surface area contributed by atoms with Gasteiger partial charge in [0.1, 0.15) is 6.17 Å². The third-order valence-corrected chi connectivity index (χ3v) is 4.13. The summed E-state index contributed by atoms with van der Waals surface area (Å²) in [5.41, 5.74) is 3.72. The Kier molecular flexibility index (Phi) is 3.30. The number of fused-ring (bicyclic) bond motifs is 1. The van der Waals surface area contributed by atoms with Crippen molar-refractivity contribution in [3.63, 3.8) is 0 Å². The van der Waals surface area contributed by atoms with Crippen molar-refractivity contribution < 1.29 is 29.7 Å².